The Bertz CT molecular complexity index is 542. The van der Waals surface area contributed by atoms with Gasteiger partial charge in [0.25, 0.3) is 0 Å². The zero-order chi connectivity index (χ0) is 13.0. The van der Waals surface area contributed by atoms with E-state index in [2.05, 4.69) is 0 Å². The number of nitrogens with zero attached hydrogens (tertiary/aromatic N) is 1. The summed E-state index contributed by atoms with van der Waals surface area (Å²) in [5.41, 5.74) is 0.586. The van der Waals surface area contributed by atoms with E-state index in [1.165, 1.54) is 6.08 Å². The van der Waals surface area contributed by atoms with Gasteiger partial charge in [-0.15, -0.1) is 0 Å². The van der Waals surface area contributed by atoms with Crippen molar-refractivity contribution in [3.05, 3.63) is 29.3 Å². The molecule has 0 saturated heterocycles. The quantitative estimate of drug-likeness (QED) is 0.462. The first-order valence-electron chi connectivity index (χ1n) is 5.43. The Morgan fingerprint density at radius 1 is 1.56 bits per heavy atom. The average molecular weight is 245 g/mol. The minimum atomic E-state index is -0.636. The summed E-state index contributed by atoms with van der Waals surface area (Å²) in [4.78, 5) is 11.5. The fourth-order valence-corrected chi connectivity index (χ4v) is 1.51. The van der Waals surface area contributed by atoms with Crippen molar-refractivity contribution < 1.29 is 19.0 Å². The molecule has 0 unspecified atom stereocenters. The van der Waals surface area contributed by atoms with Crippen molar-refractivity contribution in [1.29, 1.82) is 5.26 Å². The lowest BCUT2D eigenvalue weighted by Gasteiger charge is -2.17. The number of hydrogen-bond acceptors (Lipinski definition) is 5. The van der Waals surface area contributed by atoms with Crippen LogP contribution in [0.4, 0.5) is 0 Å². The molecule has 0 saturated carbocycles. The number of carbonyl (C=O) groups excluding carboxylic acids is 1. The molecular weight excluding hydrogens is 234 g/mol. The number of esters is 1. The third kappa shape index (κ3) is 2.43. The van der Waals surface area contributed by atoms with Crippen molar-refractivity contribution in [3.8, 4) is 17.6 Å². The molecule has 5 heteroatoms. The first-order valence-corrected chi connectivity index (χ1v) is 5.43. The van der Waals surface area contributed by atoms with Crippen molar-refractivity contribution in [3.63, 3.8) is 0 Å². The van der Waals surface area contributed by atoms with Gasteiger partial charge < -0.3 is 14.2 Å². The number of nitriles is 1. The van der Waals surface area contributed by atoms with Crippen LogP contribution in [0.5, 0.6) is 11.5 Å². The number of rotatable bonds is 3. The van der Waals surface area contributed by atoms with Gasteiger partial charge in [-0.1, -0.05) is 0 Å². The molecule has 0 amide bonds. The highest BCUT2D eigenvalue weighted by atomic mass is 16.7. The molecule has 1 aliphatic heterocycles. The standard InChI is InChI=1S/C13H11NO4/c1-2-16-13(15)10(7-14)5-9-3-4-11-6-12(9)18-8-17-11/h3-6H,2,8H2,1H3/b10-5+. The Morgan fingerprint density at radius 3 is 3.11 bits per heavy atom. The number of hydrogen-bond donors (Lipinski definition) is 0. The smallest absolute Gasteiger partial charge is 0.348 e. The molecule has 0 aliphatic carbocycles. The van der Waals surface area contributed by atoms with Gasteiger partial charge in [-0.2, -0.15) is 5.26 Å². The molecule has 1 heterocycles. The second kappa shape index (κ2) is 5.23. The van der Waals surface area contributed by atoms with Crippen LogP contribution in [-0.2, 0) is 9.53 Å². The van der Waals surface area contributed by atoms with Crippen molar-refractivity contribution in [2.45, 2.75) is 6.92 Å². The van der Waals surface area contributed by atoms with E-state index in [-0.39, 0.29) is 19.0 Å². The lowest BCUT2D eigenvalue weighted by atomic mass is 10.1. The van der Waals surface area contributed by atoms with Gasteiger partial charge in [-0.05, 0) is 25.1 Å². The fraction of sp³-hybridized carbons (Fsp3) is 0.231. The second-order valence-corrected chi connectivity index (χ2v) is 3.50. The van der Waals surface area contributed by atoms with Crippen molar-refractivity contribution in [2.75, 3.05) is 13.4 Å². The van der Waals surface area contributed by atoms with E-state index in [0.717, 1.165) is 0 Å². The summed E-state index contributed by atoms with van der Waals surface area (Å²) in [6.07, 6.45) is 1.45. The first kappa shape index (κ1) is 12.0. The normalized spacial score (nSPS) is 13.0. The zero-order valence-electron chi connectivity index (χ0n) is 9.80. The molecule has 1 aromatic rings. The first-order chi connectivity index (χ1) is 8.74. The molecule has 2 bridgehead atoms. The van der Waals surface area contributed by atoms with Crippen LogP contribution in [0.2, 0.25) is 0 Å². The van der Waals surface area contributed by atoms with Crippen LogP contribution >= 0.6 is 0 Å². The summed E-state index contributed by atoms with van der Waals surface area (Å²) in [6.45, 7) is 2.05. The zero-order valence-corrected chi connectivity index (χ0v) is 9.80. The van der Waals surface area contributed by atoms with Gasteiger partial charge in [-0.3, -0.25) is 0 Å². The molecule has 18 heavy (non-hydrogen) atoms. The summed E-state index contributed by atoms with van der Waals surface area (Å²) in [5, 5.41) is 8.93. The lowest BCUT2D eigenvalue weighted by molar-refractivity contribution is -0.137. The Labute approximate surface area is 104 Å². The summed E-state index contributed by atoms with van der Waals surface area (Å²) in [7, 11) is 0. The fourth-order valence-electron chi connectivity index (χ4n) is 1.51. The van der Waals surface area contributed by atoms with E-state index in [1.54, 1.807) is 25.1 Å². The molecule has 1 aromatic carbocycles. The summed E-state index contributed by atoms with van der Waals surface area (Å²) in [6, 6.07) is 6.99. The molecule has 0 spiro atoms. The van der Waals surface area contributed by atoms with Gasteiger partial charge in [0, 0.05) is 11.6 Å². The molecule has 0 atom stereocenters. The monoisotopic (exact) mass is 245 g/mol. The van der Waals surface area contributed by atoms with Crippen LogP contribution in [0.3, 0.4) is 0 Å². The van der Waals surface area contributed by atoms with E-state index in [4.69, 9.17) is 19.5 Å². The Balaban J connectivity index is 2.32. The van der Waals surface area contributed by atoms with E-state index in [9.17, 15) is 4.79 Å². The molecule has 5 nitrogen and oxygen atoms in total. The van der Waals surface area contributed by atoms with E-state index in [1.807, 2.05) is 6.07 Å². The van der Waals surface area contributed by atoms with E-state index < -0.39 is 5.97 Å². The predicted octanol–water partition coefficient (Wildman–Crippen LogP) is 1.89. The maximum absolute atomic E-state index is 11.5. The van der Waals surface area contributed by atoms with Gasteiger partial charge in [-0.25, -0.2) is 4.79 Å². The molecular formula is C13H11NO4. The van der Waals surface area contributed by atoms with E-state index >= 15 is 0 Å². The Hall–Kier alpha value is -2.48. The Morgan fingerprint density at radius 2 is 2.39 bits per heavy atom. The molecule has 0 fully saturated rings. The third-order valence-electron chi connectivity index (χ3n) is 2.34. The number of carbonyl (C=O) groups is 1. The Kier molecular flexibility index (Phi) is 3.49. The highest BCUT2D eigenvalue weighted by Crippen LogP contribution is 2.30. The van der Waals surface area contributed by atoms with Crippen LogP contribution in [0.1, 0.15) is 12.5 Å². The number of fused-ring (bicyclic) bond motifs is 2. The second-order valence-electron chi connectivity index (χ2n) is 3.50. The molecule has 0 radical (unpaired) electrons. The van der Waals surface area contributed by atoms with Crippen LogP contribution in [0.15, 0.2) is 23.8 Å². The van der Waals surface area contributed by atoms with Crippen molar-refractivity contribution in [2.24, 2.45) is 0 Å². The molecule has 2 rings (SSSR count). The average Bonchev–Trinajstić information content (AvgIpc) is 2.39. The van der Waals surface area contributed by atoms with Gasteiger partial charge >= 0.3 is 5.97 Å². The minimum Gasteiger partial charge on any atom is -0.462 e. The van der Waals surface area contributed by atoms with Crippen LogP contribution < -0.4 is 9.47 Å². The maximum atomic E-state index is 11.5. The SMILES string of the molecule is CCOC(=O)/C(C#N)=C/c1ccc2cc1OCO2. The molecule has 92 valence electrons. The number of benzene rings is 1. The van der Waals surface area contributed by atoms with Crippen molar-refractivity contribution >= 4 is 12.0 Å². The summed E-state index contributed by atoms with van der Waals surface area (Å²) < 4.78 is 15.2. The van der Waals surface area contributed by atoms with Gasteiger partial charge in [0.1, 0.15) is 23.1 Å². The van der Waals surface area contributed by atoms with Gasteiger partial charge in [0.2, 0.25) is 6.79 Å². The third-order valence-corrected chi connectivity index (χ3v) is 2.34. The van der Waals surface area contributed by atoms with Crippen LogP contribution in [-0.4, -0.2) is 19.4 Å². The van der Waals surface area contributed by atoms with Crippen LogP contribution in [0.25, 0.3) is 6.08 Å². The topological polar surface area (TPSA) is 68.6 Å². The maximum Gasteiger partial charge on any atom is 0.348 e. The number of ether oxygens (including phenoxy) is 3. The minimum absolute atomic E-state index is 0.0593. The van der Waals surface area contributed by atoms with Crippen molar-refractivity contribution in [1.82, 2.24) is 0 Å². The highest BCUT2D eigenvalue weighted by molar-refractivity contribution is 5.98. The summed E-state index contributed by atoms with van der Waals surface area (Å²) >= 11 is 0. The summed E-state index contributed by atoms with van der Waals surface area (Å²) in [5.74, 6) is 0.641. The lowest BCUT2D eigenvalue weighted by Crippen LogP contribution is -2.11. The van der Waals surface area contributed by atoms with Gasteiger partial charge in [0.15, 0.2) is 0 Å². The largest absolute Gasteiger partial charge is 0.462 e. The van der Waals surface area contributed by atoms with Gasteiger partial charge in [0.05, 0.1) is 6.61 Å². The predicted molar refractivity (Wildman–Crippen MR) is 62.8 cm³/mol. The van der Waals surface area contributed by atoms with Crippen LogP contribution in [0, 0.1) is 11.3 Å². The molecule has 0 aromatic heterocycles. The van der Waals surface area contributed by atoms with E-state index in [0.29, 0.717) is 17.1 Å². The highest BCUT2D eigenvalue weighted by Gasteiger charge is 2.14. The molecule has 0 N–H and O–H groups in total. The molecule has 1 aliphatic rings.